The lowest BCUT2D eigenvalue weighted by atomic mass is 9.98. The average Bonchev–Trinajstić information content (AvgIpc) is 3.00. The van der Waals surface area contributed by atoms with E-state index in [0.717, 1.165) is 38.9 Å². The van der Waals surface area contributed by atoms with E-state index in [1.54, 1.807) is 0 Å². The van der Waals surface area contributed by atoms with Crippen LogP contribution in [0.1, 0.15) is 31.2 Å². The van der Waals surface area contributed by atoms with Gasteiger partial charge in [-0.05, 0) is 54.7 Å². The van der Waals surface area contributed by atoms with Crippen molar-refractivity contribution < 1.29 is 4.74 Å². The Labute approximate surface area is 126 Å². The predicted molar refractivity (Wildman–Crippen MR) is 84.2 cm³/mol. The molecule has 0 bridgehead atoms. The van der Waals surface area contributed by atoms with Crippen LogP contribution in [0.4, 0.5) is 0 Å². The Kier molecular flexibility index (Phi) is 5.48. The molecule has 0 amide bonds. The first kappa shape index (κ1) is 14.5. The Bertz CT molecular complexity index is 376. The van der Waals surface area contributed by atoms with Crippen LogP contribution in [-0.2, 0) is 11.3 Å². The second-order valence-electron chi connectivity index (χ2n) is 5.99. The van der Waals surface area contributed by atoms with E-state index in [4.69, 9.17) is 4.74 Å². The van der Waals surface area contributed by atoms with Gasteiger partial charge in [0.2, 0.25) is 0 Å². The Balaban J connectivity index is 1.49. The summed E-state index contributed by atoms with van der Waals surface area (Å²) in [6, 6.07) is 3.06. The molecule has 0 spiro atoms. The number of hydrogen-bond donors (Lipinski definition) is 0. The SMILES string of the molecule is c1cc(CN2CCCC[C@H]2CCN2CCOCC2)cs1. The molecule has 0 radical (unpaired) electrons. The minimum absolute atomic E-state index is 0.784. The third-order valence-electron chi connectivity index (χ3n) is 4.60. The van der Waals surface area contributed by atoms with Crippen LogP contribution in [0.3, 0.4) is 0 Å². The molecule has 0 aromatic carbocycles. The van der Waals surface area contributed by atoms with Gasteiger partial charge >= 0.3 is 0 Å². The van der Waals surface area contributed by atoms with E-state index in [2.05, 4.69) is 26.6 Å². The predicted octanol–water partition coefficient (Wildman–Crippen LogP) is 2.82. The summed E-state index contributed by atoms with van der Waals surface area (Å²) in [7, 11) is 0. The molecule has 2 aliphatic heterocycles. The highest BCUT2D eigenvalue weighted by atomic mass is 32.1. The molecule has 3 nitrogen and oxygen atoms in total. The molecule has 1 aromatic rings. The normalized spacial score (nSPS) is 25.9. The molecule has 0 aliphatic carbocycles. The highest BCUT2D eigenvalue weighted by Crippen LogP contribution is 2.23. The molecule has 2 fully saturated rings. The summed E-state index contributed by atoms with van der Waals surface area (Å²) in [5.74, 6) is 0. The minimum Gasteiger partial charge on any atom is -0.379 e. The Hall–Kier alpha value is -0.420. The molecule has 20 heavy (non-hydrogen) atoms. The van der Waals surface area contributed by atoms with Crippen LogP contribution >= 0.6 is 11.3 Å². The molecule has 4 heteroatoms. The maximum absolute atomic E-state index is 5.43. The molecular weight excluding hydrogens is 268 g/mol. The van der Waals surface area contributed by atoms with Crippen LogP contribution < -0.4 is 0 Å². The first-order chi connectivity index (χ1) is 9.92. The van der Waals surface area contributed by atoms with Crippen LogP contribution in [0.15, 0.2) is 16.8 Å². The summed E-state index contributed by atoms with van der Waals surface area (Å²) in [5, 5.41) is 4.50. The minimum atomic E-state index is 0.784. The number of likely N-dealkylation sites (tertiary alicyclic amines) is 1. The number of rotatable bonds is 5. The molecule has 1 atom stereocenters. The first-order valence-corrected chi connectivity index (χ1v) is 8.91. The Morgan fingerprint density at radius 1 is 1.20 bits per heavy atom. The summed E-state index contributed by atoms with van der Waals surface area (Å²) in [6.45, 7) is 7.76. The van der Waals surface area contributed by atoms with Crippen molar-refractivity contribution in [3.63, 3.8) is 0 Å². The van der Waals surface area contributed by atoms with E-state index in [1.165, 1.54) is 44.3 Å². The lowest BCUT2D eigenvalue weighted by Gasteiger charge is -2.37. The highest BCUT2D eigenvalue weighted by molar-refractivity contribution is 7.07. The summed E-state index contributed by atoms with van der Waals surface area (Å²) in [6.07, 6.45) is 5.49. The highest BCUT2D eigenvalue weighted by Gasteiger charge is 2.23. The third-order valence-corrected chi connectivity index (χ3v) is 5.33. The van der Waals surface area contributed by atoms with Crippen LogP contribution in [-0.4, -0.2) is 55.2 Å². The van der Waals surface area contributed by atoms with Gasteiger partial charge in [-0.2, -0.15) is 11.3 Å². The fraction of sp³-hybridized carbons (Fsp3) is 0.750. The van der Waals surface area contributed by atoms with Crippen molar-refractivity contribution in [3.05, 3.63) is 22.4 Å². The van der Waals surface area contributed by atoms with Gasteiger partial charge in [-0.3, -0.25) is 9.80 Å². The largest absolute Gasteiger partial charge is 0.379 e. The lowest BCUT2D eigenvalue weighted by Crippen LogP contribution is -2.43. The van der Waals surface area contributed by atoms with Crippen molar-refractivity contribution >= 4 is 11.3 Å². The Morgan fingerprint density at radius 3 is 2.90 bits per heavy atom. The molecule has 112 valence electrons. The number of morpholine rings is 1. The van der Waals surface area contributed by atoms with E-state index in [0.29, 0.717) is 0 Å². The molecule has 1 aromatic heterocycles. The molecule has 0 N–H and O–H groups in total. The van der Waals surface area contributed by atoms with Gasteiger partial charge in [0.25, 0.3) is 0 Å². The number of nitrogens with zero attached hydrogens (tertiary/aromatic N) is 2. The summed E-state index contributed by atoms with van der Waals surface area (Å²) >= 11 is 1.82. The van der Waals surface area contributed by atoms with Crippen LogP contribution in [0.5, 0.6) is 0 Å². The van der Waals surface area contributed by atoms with Crippen molar-refractivity contribution in [1.29, 1.82) is 0 Å². The molecule has 3 heterocycles. The van der Waals surface area contributed by atoms with Crippen molar-refractivity contribution in [2.24, 2.45) is 0 Å². The topological polar surface area (TPSA) is 15.7 Å². The van der Waals surface area contributed by atoms with Crippen molar-refractivity contribution in [3.8, 4) is 0 Å². The molecule has 0 saturated carbocycles. The monoisotopic (exact) mass is 294 g/mol. The van der Waals surface area contributed by atoms with Gasteiger partial charge in [0.15, 0.2) is 0 Å². The maximum atomic E-state index is 5.43. The van der Waals surface area contributed by atoms with Gasteiger partial charge in [-0.15, -0.1) is 0 Å². The van der Waals surface area contributed by atoms with Gasteiger partial charge in [0.05, 0.1) is 13.2 Å². The van der Waals surface area contributed by atoms with Crippen LogP contribution in [0.25, 0.3) is 0 Å². The van der Waals surface area contributed by atoms with Crippen molar-refractivity contribution in [2.45, 2.75) is 38.3 Å². The van der Waals surface area contributed by atoms with Crippen LogP contribution in [0.2, 0.25) is 0 Å². The quantitative estimate of drug-likeness (QED) is 0.830. The maximum Gasteiger partial charge on any atom is 0.0594 e. The molecule has 2 aliphatic rings. The van der Waals surface area contributed by atoms with Gasteiger partial charge in [0.1, 0.15) is 0 Å². The number of piperidine rings is 1. The molecule has 0 unspecified atom stereocenters. The number of ether oxygens (including phenoxy) is 1. The van der Waals surface area contributed by atoms with E-state index in [1.807, 2.05) is 11.3 Å². The molecular formula is C16H26N2OS. The van der Waals surface area contributed by atoms with E-state index >= 15 is 0 Å². The zero-order chi connectivity index (χ0) is 13.6. The smallest absolute Gasteiger partial charge is 0.0594 e. The van der Waals surface area contributed by atoms with Gasteiger partial charge < -0.3 is 4.74 Å². The standard InChI is InChI=1S/C16H26N2OS/c1-2-6-18(13-15-5-12-20-14-15)16(3-1)4-7-17-8-10-19-11-9-17/h5,12,14,16H,1-4,6-11,13H2/t16-/m0/s1. The summed E-state index contributed by atoms with van der Waals surface area (Å²) in [4.78, 5) is 5.28. The van der Waals surface area contributed by atoms with Gasteiger partial charge in [-0.25, -0.2) is 0 Å². The molecule has 3 rings (SSSR count). The van der Waals surface area contributed by atoms with Crippen molar-refractivity contribution in [2.75, 3.05) is 39.4 Å². The zero-order valence-electron chi connectivity index (χ0n) is 12.3. The first-order valence-electron chi connectivity index (χ1n) is 7.97. The van der Waals surface area contributed by atoms with E-state index in [9.17, 15) is 0 Å². The number of hydrogen-bond acceptors (Lipinski definition) is 4. The molecule has 2 saturated heterocycles. The zero-order valence-corrected chi connectivity index (χ0v) is 13.1. The number of thiophene rings is 1. The Morgan fingerprint density at radius 2 is 2.10 bits per heavy atom. The fourth-order valence-electron chi connectivity index (χ4n) is 3.37. The summed E-state index contributed by atoms with van der Waals surface area (Å²) in [5.41, 5.74) is 1.49. The lowest BCUT2D eigenvalue weighted by molar-refractivity contribution is 0.0302. The third kappa shape index (κ3) is 4.04. The van der Waals surface area contributed by atoms with E-state index in [-0.39, 0.29) is 0 Å². The van der Waals surface area contributed by atoms with Gasteiger partial charge in [0, 0.05) is 25.7 Å². The fourth-order valence-corrected chi connectivity index (χ4v) is 4.03. The summed E-state index contributed by atoms with van der Waals surface area (Å²) < 4.78 is 5.43. The van der Waals surface area contributed by atoms with Gasteiger partial charge in [-0.1, -0.05) is 6.42 Å². The van der Waals surface area contributed by atoms with Crippen LogP contribution in [0, 0.1) is 0 Å². The average molecular weight is 294 g/mol. The second kappa shape index (κ2) is 7.55. The van der Waals surface area contributed by atoms with Crippen molar-refractivity contribution in [1.82, 2.24) is 9.80 Å². The van der Waals surface area contributed by atoms with E-state index < -0.39 is 0 Å². The second-order valence-corrected chi connectivity index (χ2v) is 6.77.